The van der Waals surface area contributed by atoms with Crippen molar-refractivity contribution >= 4 is 0 Å². The van der Waals surface area contributed by atoms with E-state index in [1.54, 1.807) is 5.56 Å². The summed E-state index contributed by atoms with van der Waals surface area (Å²) in [5.41, 5.74) is 4.21. The fraction of sp³-hybridized carbons (Fsp3) is 0.478. The van der Waals surface area contributed by atoms with E-state index in [0.29, 0.717) is 0 Å². The molecule has 2 aromatic carbocycles. The molecule has 0 heterocycles. The second kappa shape index (κ2) is 8.34. The Morgan fingerprint density at radius 2 is 1.39 bits per heavy atom. The van der Waals surface area contributed by atoms with Gasteiger partial charge in [0.2, 0.25) is 0 Å². The van der Waals surface area contributed by atoms with E-state index in [4.69, 9.17) is 0 Å². The van der Waals surface area contributed by atoms with E-state index in [1.165, 1.54) is 62.5 Å². The van der Waals surface area contributed by atoms with Crippen LogP contribution in [0.3, 0.4) is 0 Å². The Kier molecular flexibility index (Phi) is 5.91. The Hall–Kier alpha value is -1.56. The van der Waals surface area contributed by atoms with Gasteiger partial charge in [0.25, 0.3) is 0 Å². The molecule has 0 saturated heterocycles. The standard InChI is InChI=1S/C23H30/c1-2-3-5-8-19-11-13-21(14-12-19)23-17-15-22(16-18-23)20-9-6-4-7-10-20/h4,6-7,9-10,15-19,21H,2-3,5,8,11-14H2,1H3. The molecule has 1 aliphatic rings. The van der Waals surface area contributed by atoms with Gasteiger partial charge in [-0.3, -0.25) is 0 Å². The number of rotatable bonds is 6. The topological polar surface area (TPSA) is 0 Å². The molecule has 1 aliphatic carbocycles. The summed E-state index contributed by atoms with van der Waals surface area (Å²) in [5, 5.41) is 0. The van der Waals surface area contributed by atoms with Gasteiger partial charge in [-0.2, -0.15) is 0 Å². The first-order valence-corrected chi connectivity index (χ1v) is 9.52. The van der Waals surface area contributed by atoms with E-state index in [1.807, 2.05) is 0 Å². The fourth-order valence-electron chi connectivity index (χ4n) is 4.05. The lowest BCUT2D eigenvalue weighted by atomic mass is 9.77. The zero-order chi connectivity index (χ0) is 15.9. The third kappa shape index (κ3) is 4.47. The smallest absolute Gasteiger partial charge is 0.0162 e. The molecule has 23 heavy (non-hydrogen) atoms. The maximum Gasteiger partial charge on any atom is -0.0162 e. The van der Waals surface area contributed by atoms with E-state index in [-0.39, 0.29) is 0 Å². The molecule has 0 aliphatic heterocycles. The van der Waals surface area contributed by atoms with Crippen LogP contribution >= 0.6 is 0 Å². The van der Waals surface area contributed by atoms with Crippen molar-refractivity contribution in [3.05, 3.63) is 60.2 Å². The molecule has 0 N–H and O–H groups in total. The summed E-state index contributed by atoms with van der Waals surface area (Å²) in [7, 11) is 0. The molecular formula is C23H30. The van der Waals surface area contributed by atoms with Gasteiger partial charge in [-0.25, -0.2) is 0 Å². The van der Waals surface area contributed by atoms with Gasteiger partial charge in [0.05, 0.1) is 0 Å². The van der Waals surface area contributed by atoms with E-state index in [2.05, 4.69) is 61.5 Å². The average Bonchev–Trinajstić information content (AvgIpc) is 2.63. The summed E-state index contributed by atoms with van der Waals surface area (Å²) in [6.45, 7) is 2.30. The third-order valence-corrected chi connectivity index (χ3v) is 5.55. The predicted octanol–water partition coefficient (Wildman–Crippen LogP) is 7.21. The SMILES string of the molecule is CCCCCC1CCC(c2ccc(-c3ccccc3)cc2)CC1. The Morgan fingerprint density at radius 3 is 2.04 bits per heavy atom. The third-order valence-electron chi connectivity index (χ3n) is 5.55. The molecule has 122 valence electrons. The molecule has 0 amide bonds. The van der Waals surface area contributed by atoms with Gasteiger partial charge in [-0.05, 0) is 54.2 Å². The number of hydrogen-bond donors (Lipinski definition) is 0. The van der Waals surface area contributed by atoms with Gasteiger partial charge >= 0.3 is 0 Å². The zero-order valence-corrected chi connectivity index (χ0v) is 14.5. The fourth-order valence-corrected chi connectivity index (χ4v) is 4.05. The molecule has 1 fully saturated rings. The monoisotopic (exact) mass is 306 g/mol. The van der Waals surface area contributed by atoms with Gasteiger partial charge in [-0.15, -0.1) is 0 Å². The van der Waals surface area contributed by atoms with Crippen LogP contribution in [-0.4, -0.2) is 0 Å². The molecule has 0 unspecified atom stereocenters. The van der Waals surface area contributed by atoms with Crippen LogP contribution in [0, 0.1) is 5.92 Å². The first-order valence-electron chi connectivity index (χ1n) is 9.52. The summed E-state index contributed by atoms with van der Waals surface area (Å²) < 4.78 is 0. The molecule has 2 aromatic rings. The molecule has 0 bridgehead atoms. The van der Waals surface area contributed by atoms with Crippen LogP contribution < -0.4 is 0 Å². The Bertz CT molecular complexity index is 559. The average molecular weight is 306 g/mol. The highest BCUT2D eigenvalue weighted by atomic mass is 14.3. The number of benzene rings is 2. The molecule has 0 aromatic heterocycles. The van der Waals surface area contributed by atoms with Crippen molar-refractivity contribution in [1.29, 1.82) is 0 Å². The summed E-state index contributed by atoms with van der Waals surface area (Å²) in [6.07, 6.45) is 11.3. The second-order valence-electron chi connectivity index (χ2n) is 7.20. The molecule has 0 heteroatoms. The Balaban J connectivity index is 1.55. The van der Waals surface area contributed by atoms with E-state index >= 15 is 0 Å². The number of unbranched alkanes of at least 4 members (excludes halogenated alkanes) is 2. The molecular weight excluding hydrogens is 276 g/mol. The lowest BCUT2D eigenvalue weighted by molar-refractivity contribution is 0.303. The minimum absolute atomic E-state index is 0.794. The van der Waals surface area contributed by atoms with Crippen LogP contribution in [0.1, 0.15) is 69.8 Å². The highest BCUT2D eigenvalue weighted by molar-refractivity contribution is 5.63. The van der Waals surface area contributed by atoms with Crippen LogP contribution in [0.25, 0.3) is 11.1 Å². The molecule has 0 atom stereocenters. The van der Waals surface area contributed by atoms with E-state index in [9.17, 15) is 0 Å². The van der Waals surface area contributed by atoms with Crippen LogP contribution in [0.5, 0.6) is 0 Å². The van der Waals surface area contributed by atoms with Crippen molar-refractivity contribution in [2.45, 2.75) is 64.2 Å². The highest BCUT2D eigenvalue weighted by Gasteiger charge is 2.21. The van der Waals surface area contributed by atoms with Crippen molar-refractivity contribution in [1.82, 2.24) is 0 Å². The lowest BCUT2D eigenvalue weighted by Gasteiger charge is -2.29. The van der Waals surface area contributed by atoms with Crippen molar-refractivity contribution in [2.24, 2.45) is 5.92 Å². The normalized spacial score (nSPS) is 21.3. The summed E-state index contributed by atoms with van der Waals surface area (Å²) in [4.78, 5) is 0. The van der Waals surface area contributed by atoms with Gasteiger partial charge in [-0.1, -0.05) is 87.2 Å². The first kappa shape index (κ1) is 16.3. The van der Waals surface area contributed by atoms with Gasteiger partial charge in [0.15, 0.2) is 0 Å². The number of hydrogen-bond acceptors (Lipinski definition) is 0. The van der Waals surface area contributed by atoms with Gasteiger partial charge in [0, 0.05) is 0 Å². The Labute approximate surface area is 141 Å². The second-order valence-corrected chi connectivity index (χ2v) is 7.20. The van der Waals surface area contributed by atoms with Gasteiger partial charge in [0.1, 0.15) is 0 Å². The van der Waals surface area contributed by atoms with Crippen LogP contribution in [0.2, 0.25) is 0 Å². The van der Waals surface area contributed by atoms with E-state index < -0.39 is 0 Å². The first-order chi connectivity index (χ1) is 11.4. The van der Waals surface area contributed by atoms with Gasteiger partial charge < -0.3 is 0 Å². The predicted molar refractivity (Wildman–Crippen MR) is 101 cm³/mol. The largest absolute Gasteiger partial charge is 0.0654 e. The molecule has 1 saturated carbocycles. The van der Waals surface area contributed by atoms with E-state index in [0.717, 1.165) is 11.8 Å². The van der Waals surface area contributed by atoms with Crippen molar-refractivity contribution in [3.8, 4) is 11.1 Å². The lowest BCUT2D eigenvalue weighted by Crippen LogP contribution is -2.13. The minimum Gasteiger partial charge on any atom is -0.0654 e. The molecule has 0 spiro atoms. The van der Waals surface area contributed by atoms with Crippen LogP contribution in [0.4, 0.5) is 0 Å². The maximum absolute atomic E-state index is 2.37. The quantitative estimate of drug-likeness (QED) is 0.495. The maximum atomic E-state index is 2.37. The van der Waals surface area contributed by atoms with Crippen LogP contribution in [0.15, 0.2) is 54.6 Å². The van der Waals surface area contributed by atoms with Crippen molar-refractivity contribution in [3.63, 3.8) is 0 Å². The Morgan fingerprint density at radius 1 is 0.739 bits per heavy atom. The zero-order valence-electron chi connectivity index (χ0n) is 14.5. The molecule has 0 radical (unpaired) electrons. The van der Waals surface area contributed by atoms with Crippen LogP contribution in [-0.2, 0) is 0 Å². The summed E-state index contributed by atoms with van der Waals surface area (Å²) >= 11 is 0. The highest BCUT2D eigenvalue weighted by Crippen LogP contribution is 2.38. The summed E-state index contributed by atoms with van der Waals surface area (Å²) in [5.74, 6) is 1.80. The molecule has 0 nitrogen and oxygen atoms in total. The summed E-state index contributed by atoms with van der Waals surface area (Å²) in [6, 6.07) is 20.0. The van der Waals surface area contributed by atoms with Crippen molar-refractivity contribution < 1.29 is 0 Å². The minimum atomic E-state index is 0.794. The van der Waals surface area contributed by atoms with Crippen molar-refractivity contribution in [2.75, 3.05) is 0 Å². The molecule has 3 rings (SSSR count).